The van der Waals surface area contributed by atoms with E-state index < -0.39 is 0 Å². The van der Waals surface area contributed by atoms with Crippen LogP contribution in [0.1, 0.15) is 23.7 Å². The molecule has 0 saturated carbocycles. The van der Waals surface area contributed by atoms with Crippen molar-refractivity contribution in [3.63, 3.8) is 0 Å². The van der Waals surface area contributed by atoms with Crippen molar-refractivity contribution in [1.82, 2.24) is 15.6 Å². The first-order valence-corrected chi connectivity index (χ1v) is 8.24. The molecular formula is C18H24ClIN4. The first-order valence-electron chi connectivity index (χ1n) is 7.86. The van der Waals surface area contributed by atoms with E-state index in [-0.39, 0.29) is 24.0 Å². The predicted octanol–water partition coefficient (Wildman–Crippen LogP) is 3.96. The molecule has 0 saturated heterocycles. The van der Waals surface area contributed by atoms with Crippen molar-refractivity contribution in [2.24, 2.45) is 4.99 Å². The van der Waals surface area contributed by atoms with E-state index in [0.29, 0.717) is 6.54 Å². The lowest BCUT2D eigenvalue weighted by Gasteiger charge is -2.11. The molecule has 0 radical (unpaired) electrons. The summed E-state index contributed by atoms with van der Waals surface area (Å²) in [6, 6.07) is 11.9. The number of guanidine groups is 1. The van der Waals surface area contributed by atoms with Crippen LogP contribution in [0.4, 0.5) is 0 Å². The quantitative estimate of drug-likeness (QED) is 0.391. The summed E-state index contributed by atoms with van der Waals surface area (Å²) >= 11 is 6.00. The molecule has 2 aromatic rings. The molecule has 0 aliphatic carbocycles. The maximum atomic E-state index is 6.00. The molecule has 0 bridgehead atoms. The van der Waals surface area contributed by atoms with Crippen LogP contribution in [0.5, 0.6) is 0 Å². The Morgan fingerprint density at radius 1 is 1.21 bits per heavy atom. The van der Waals surface area contributed by atoms with Gasteiger partial charge in [0, 0.05) is 24.3 Å². The van der Waals surface area contributed by atoms with Crippen LogP contribution in [0, 0.1) is 6.92 Å². The fraction of sp³-hybridized carbons (Fsp3) is 0.333. The molecule has 2 rings (SSSR count). The number of benzene rings is 1. The highest BCUT2D eigenvalue weighted by atomic mass is 127. The van der Waals surface area contributed by atoms with Crippen LogP contribution in [0.25, 0.3) is 0 Å². The third kappa shape index (κ3) is 7.05. The standard InChI is InChI=1S/C18H23ClN4.HI/c1-3-20-18(23-13-17-14(2)6-5-10-21-17)22-11-9-15-7-4-8-16(19)12-15;/h4-8,10,12H,3,9,11,13H2,1-2H3,(H2,20,22,23);1H. The number of nitrogens with one attached hydrogen (secondary N) is 2. The average Bonchev–Trinajstić information content (AvgIpc) is 2.54. The van der Waals surface area contributed by atoms with Crippen molar-refractivity contribution in [1.29, 1.82) is 0 Å². The first-order chi connectivity index (χ1) is 11.2. The van der Waals surface area contributed by atoms with E-state index in [2.05, 4.69) is 46.6 Å². The van der Waals surface area contributed by atoms with E-state index in [4.69, 9.17) is 11.6 Å². The highest BCUT2D eigenvalue weighted by Gasteiger charge is 2.01. The summed E-state index contributed by atoms with van der Waals surface area (Å²) in [7, 11) is 0. The topological polar surface area (TPSA) is 49.3 Å². The summed E-state index contributed by atoms with van der Waals surface area (Å²) in [4.78, 5) is 8.97. The van der Waals surface area contributed by atoms with Crippen LogP contribution in [0.15, 0.2) is 47.6 Å². The Labute approximate surface area is 166 Å². The molecule has 0 unspecified atom stereocenters. The monoisotopic (exact) mass is 458 g/mol. The fourth-order valence-corrected chi connectivity index (χ4v) is 2.41. The van der Waals surface area contributed by atoms with Gasteiger partial charge in [-0.2, -0.15) is 0 Å². The third-order valence-corrected chi connectivity index (χ3v) is 3.68. The number of hydrogen-bond acceptors (Lipinski definition) is 2. The third-order valence-electron chi connectivity index (χ3n) is 3.44. The van der Waals surface area contributed by atoms with Gasteiger partial charge in [0.2, 0.25) is 0 Å². The second kappa shape index (κ2) is 11.3. The maximum Gasteiger partial charge on any atom is 0.191 e. The molecule has 0 atom stereocenters. The van der Waals surface area contributed by atoms with Gasteiger partial charge in [0.05, 0.1) is 12.2 Å². The lowest BCUT2D eigenvalue weighted by molar-refractivity contribution is 0.796. The molecule has 2 N–H and O–H groups in total. The van der Waals surface area contributed by atoms with Crippen LogP contribution in [-0.2, 0) is 13.0 Å². The van der Waals surface area contributed by atoms with Gasteiger partial charge in [-0.05, 0) is 49.6 Å². The van der Waals surface area contributed by atoms with Crippen molar-refractivity contribution in [2.45, 2.75) is 26.8 Å². The number of aliphatic imine (C=N–C) groups is 1. The Bertz CT molecular complexity index is 661. The summed E-state index contributed by atoms with van der Waals surface area (Å²) in [6.45, 7) is 6.30. The highest BCUT2D eigenvalue weighted by Crippen LogP contribution is 2.10. The number of pyridine rings is 1. The molecule has 0 spiro atoms. The molecule has 0 aliphatic rings. The lowest BCUT2D eigenvalue weighted by Crippen LogP contribution is -2.38. The van der Waals surface area contributed by atoms with E-state index in [1.54, 1.807) is 6.20 Å². The molecule has 130 valence electrons. The van der Waals surface area contributed by atoms with E-state index >= 15 is 0 Å². The zero-order valence-corrected chi connectivity index (χ0v) is 17.1. The van der Waals surface area contributed by atoms with Gasteiger partial charge in [-0.1, -0.05) is 29.8 Å². The Balaban J connectivity index is 0.00000288. The SMILES string of the molecule is CCNC(=NCc1ncccc1C)NCCc1cccc(Cl)c1.I. The van der Waals surface area contributed by atoms with Gasteiger partial charge in [-0.15, -0.1) is 24.0 Å². The maximum absolute atomic E-state index is 6.00. The van der Waals surface area contributed by atoms with Crippen LogP contribution >= 0.6 is 35.6 Å². The van der Waals surface area contributed by atoms with Crippen molar-refractivity contribution in [3.05, 3.63) is 64.4 Å². The van der Waals surface area contributed by atoms with Gasteiger partial charge in [0.25, 0.3) is 0 Å². The summed E-state index contributed by atoms with van der Waals surface area (Å²) < 4.78 is 0. The van der Waals surface area contributed by atoms with Gasteiger partial charge < -0.3 is 10.6 Å². The van der Waals surface area contributed by atoms with E-state index in [1.807, 2.05) is 24.3 Å². The molecule has 6 heteroatoms. The van der Waals surface area contributed by atoms with Gasteiger partial charge in [0.15, 0.2) is 5.96 Å². The number of halogens is 2. The summed E-state index contributed by atoms with van der Waals surface area (Å²) in [5.74, 6) is 0.805. The number of nitrogens with zero attached hydrogens (tertiary/aromatic N) is 2. The number of aryl methyl sites for hydroxylation is 1. The molecule has 1 heterocycles. The van der Waals surface area contributed by atoms with Crippen molar-refractivity contribution < 1.29 is 0 Å². The van der Waals surface area contributed by atoms with Crippen LogP contribution in [0.3, 0.4) is 0 Å². The van der Waals surface area contributed by atoms with E-state index in [1.165, 1.54) is 5.56 Å². The largest absolute Gasteiger partial charge is 0.357 e. The van der Waals surface area contributed by atoms with Crippen molar-refractivity contribution in [2.75, 3.05) is 13.1 Å². The minimum atomic E-state index is 0. The number of hydrogen-bond donors (Lipinski definition) is 2. The highest BCUT2D eigenvalue weighted by molar-refractivity contribution is 14.0. The Hall–Kier alpha value is -1.34. The normalized spacial score (nSPS) is 10.9. The van der Waals surface area contributed by atoms with Crippen molar-refractivity contribution >= 4 is 41.5 Å². The number of aromatic nitrogens is 1. The van der Waals surface area contributed by atoms with E-state index in [9.17, 15) is 0 Å². The summed E-state index contributed by atoms with van der Waals surface area (Å²) in [6.07, 6.45) is 2.70. The predicted molar refractivity (Wildman–Crippen MR) is 112 cm³/mol. The molecule has 1 aromatic heterocycles. The minimum absolute atomic E-state index is 0. The lowest BCUT2D eigenvalue weighted by atomic mass is 10.1. The zero-order chi connectivity index (χ0) is 16.5. The Morgan fingerprint density at radius 3 is 2.75 bits per heavy atom. The molecular weight excluding hydrogens is 435 g/mol. The van der Waals surface area contributed by atoms with E-state index in [0.717, 1.165) is 41.7 Å². The van der Waals surface area contributed by atoms with Crippen molar-refractivity contribution in [3.8, 4) is 0 Å². The Kier molecular flexibility index (Phi) is 9.71. The summed E-state index contributed by atoms with van der Waals surface area (Å²) in [5, 5.41) is 7.37. The van der Waals surface area contributed by atoms with Crippen LogP contribution in [0.2, 0.25) is 5.02 Å². The van der Waals surface area contributed by atoms with Crippen LogP contribution < -0.4 is 10.6 Å². The van der Waals surface area contributed by atoms with Crippen LogP contribution in [-0.4, -0.2) is 24.0 Å². The van der Waals surface area contributed by atoms with Gasteiger partial charge in [0.1, 0.15) is 0 Å². The Morgan fingerprint density at radius 2 is 2.04 bits per heavy atom. The minimum Gasteiger partial charge on any atom is -0.357 e. The fourth-order valence-electron chi connectivity index (χ4n) is 2.20. The van der Waals surface area contributed by atoms with Gasteiger partial charge in [-0.25, -0.2) is 4.99 Å². The van der Waals surface area contributed by atoms with Gasteiger partial charge in [-0.3, -0.25) is 4.98 Å². The first kappa shape index (κ1) is 20.7. The number of rotatable bonds is 6. The smallest absolute Gasteiger partial charge is 0.191 e. The molecule has 0 aliphatic heterocycles. The summed E-state index contributed by atoms with van der Waals surface area (Å²) in [5.41, 5.74) is 3.37. The molecule has 4 nitrogen and oxygen atoms in total. The average molecular weight is 459 g/mol. The second-order valence-corrected chi connectivity index (χ2v) is 5.71. The molecule has 24 heavy (non-hydrogen) atoms. The molecule has 0 amide bonds. The molecule has 0 fully saturated rings. The van der Waals surface area contributed by atoms with Gasteiger partial charge >= 0.3 is 0 Å². The zero-order valence-electron chi connectivity index (χ0n) is 14.1. The molecule has 1 aromatic carbocycles. The second-order valence-electron chi connectivity index (χ2n) is 5.27.